The highest BCUT2D eigenvalue weighted by atomic mass is 79.9. The first-order valence-electron chi connectivity index (χ1n) is 5.37. The number of amides is 1. The van der Waals surface area contributed by atoms with Crippen molar-refractivity contribution in [2.45, 2.75) is 19.9 Å². The van der Waals surface area contributed by atoms with Gasteiger partial charge in [0.05, 0.1) is 11.5 Å². The summed E-state index contributed by atoms with van der Waals surface area (Å²) < 4.78 is 0.708. The number of rotatable bonds is 5. The molecular formula is C11H14BrN3O3. The van der Waals surface area contributed by atoms with Gasteiger partial charge in [-0.2, -0.15) is 0 Å². The van der Waals surface area contributed by atoms with E-state index in [1.54, 1.807) is 12.1 Å². The van der Waals surface area contributed by atoms with E-state index in [9.17, 15) is 14.9 Å². The number of benzene rings is 1. The number of hydrogen-bond acceptors (Lipinski definition) is 4. The number of carbonyl (C=O) groups is 1. The zero-order valence-corrected chi connectivity index (χ0v) is 11.7. The zero-order valence-electron chi connectivity index (χ0n) is 10.1. The first-order chi connectivity index (χ1) is 8.40. The van der Waals surface area contributed by atoms with Gasteiger partial charge in [-0.1, -0.05) is 15.9 Å². The lowest BCUT2D eigenvalue weighted by atomic mass is 10.2. The Morgan fingerprint density at radius 3 is 2.72 bits per heavy atom. The summed E-state index contributed by atoms with van der Waals surface area (Å²) in [6, 6.07) is 4.57. The molecule has 0 aliphatic heterocycles. The van der Waals surface area contributed by atoms with Crippen LogP contribution in [0.4, 0.5) is 11.4 Å². The number of nitro groups is 1. The monoisotopic (exact) mass is 315 g/mol. The van der Waals surface area contributed by atoms with Crippen molar-refractivity contribution in [3.05, 3.63) is 32.8 Å². The van der Waals surface area contributed by atoms with E-state index in [-0.39, 0.29) is 24.2 Å². The standard InChI is InChI=1S/C11H14BrN3O3/c1-7(2)14-11(16)6-13-9-5-8(12)3-4-10(9)15(17)18/h3-5,7,13H,6H2,1-2H3,(H,14,16). The third-order valence-electron chi connectivity index (χ3n) is 2.04. The fourth-order valence-electron chi connectivity index (χ4n) is 1.36. The highest BCUT2D eigenvalue weighted by Crippen LogP contribution is 2.27. The molecule has 0 unspecified atom stereocenters. The van der Waals surface area contributed by atoms with Crippen LogP contribution in [0.3, 0.4) is 0 Å². The molecule has 6 nitrogen and oxygen atoms in total. The minimum Gasteiger partial charge on any atom is -0.371 e. The maximum absolute atomic E-state index is 11.4. The smallest absolute Gasteiger partial charge is 0.292 e. The maximum atomic E-state index is 11.4. The van der Waals surface area contributed by atoms with E-state index in [4.69, 9.17) is 0 Å². The summed E-state index contributed by atoms with van der Waals surface area (Å²) >= 11 is 3.23. The van der Waals surface area contributed by atoms with Gasteiger partial charge in [-0.15, -0.1) is 0 Å². The molecule has 0 aliphatic carbocycles. The van der Waals surface area contributed by atoms with Crippen LogP contribution in [-0.4, -0.2) is 23.4 Å². The number of anilines is 1. The van der Waals surface area contributed by atoms with Crippen molar-refractivity contribution >= 4 is 33.2 Å². The Morgan fingerprint density at radius 1 is 1.50 bits per heavy atom. The number of nitrogens with zero attached hydrogens (tertiary/aromatic N) is 1. The topological polar surface area (TPSA) is 84.3 Å². The minimum absolute atomic E-state index is 0.00449. The van der Waals surface area contributed by atoms with Gasteiger partial charge in [0, 0.05) is 16.6 Å². The molecule has 0 radical (unpaired) electrons. The largest absolute Gasteiger partial charge is 0.371 e. The molecule has 1 aromatic rings. The van der Waals surface area contributed by atoms with Crippen LogP contribution in [0.5, 0.6) is 0 Å². The lowest BCUT2D eigenvalue weighted by Gasteiger charge is -2.10. The molecule has 0 spiro atoms. The maximum Gasteiger partial charge on any atom is 0.292 e. The van der Waals surface area contributed by atoms with Gasteiger partial charge in [-0.25, -0.2) is 0 Å². The van der Waals surface area contributed by atoms with E-state index in [1.165, 1.54) is 6.07 Å². The lowest BCUT2D eigenvalue weighted by molar-refractivity contribution is -0.384. The molecule has 0 aromatic heterocycles. The lowest BCUT2D eigenvalue weighted by Crippen LogP contribution is -2.34. The van der Waals surface area contributed by atoms with Crippen molar-refractivity contribution in [2.75, 3.05) is 11.9 Å². The van der Waals surface area contributed by atoms with Gasteiger partial charge in [0.1, 0.15) is 5.69 Å². The molecule has 0 saturated heterocycles. The average molecular weight is 316 g/mol. The summed E-state index contributed by atoms with van der Waals surface area (Å²) in [5.74, 6) is -0.209. The van der Waals surface area contributed by atoms with Gasteiger partial charge in [0.15, 0.2) is 0 Å². The SMILES string of the molecule is CC(C)NC(=O)CNc1cc(Br)ccc1[N+](=O)[O-]. The fourth-order valence-corrected chi connectivity index (χ4v) is 1.72. The molecule has 0 atom stereocenters. The summed E-state index contributed by atoms with van der Waals surface area (Å²) in [4.78, 5) is 21.8. The van der Waals surface area contributed by atoms with Gasteiger partial charge < -0.3 is 10.6 Å². The molecule has 1 amide bonds. The summed E-state index contributed by atoms with van der Waals surface area (Å²) in [5.41, 5.74) is 0.254. The second-order valence-corrected chi connectivity index (χ2v) is 4.91. The Hall–Kier alpha value is -1.63. The van der Waals surface area contributed by atoms with E-state index >= 15 is 0 Å². The molecule has 0 fully saturated rings. The summed E-state index contributed by atoms with van der Waals surface area (Å²) in [6.45, 7) is 3.69. The van der Waals surface area contributed by atoms with Gasteiger partial charge in [-0.3, -0.25) is 14.9 Å². The van der Waals surface area contributed by atoms with Crippen molar-refractivity contribution < 1.29 is 9.72 Å². The number of nitrogens with one attached hydrogen (secondary N) is 2. The third kappa shape index (κ3) is 4.33. The number of hydrogen-bond donors (Lipinski definition) is 2. The molecular weight excluding hydrogens is 302 g/mol. The Morgan fingerprint density at radius 2 is 2.17 bits per heavy atom. The minimum atomic E-state index is -0.491. The summed E-state index contributed by atoms with van der Waals surface area (Å²) in [5, 5.41) is 16.3. The van der Waals surface area contributed by atoms with Crippen LogP contribution < -0.4 is 10.6 Å². The van der Waals surface area contributed by atoms with E-state index in [2.05, 4.69) is 26.6 Å². The zero-order chi connectivity index (χ0) is 13.7. The third-order valence-corrected chi connectivity index (χ3v) is 2.54. The van der Waals surface area contributed by atoms with E-state index in [0.29, 0.717) is 10.2 Å². The van der Waals surface area contributed by atoms with E-state index in [0.717, 1.165) is 0 Å². The van der Waals surface area contributed by atoms with Gasteiger partial charge in [0.25, 0.3) is 5.69 Å². The fraction of sp³-hybridized carbons (Fsp3) is 0.364. The molecule has 0 heterocycles. The van der Waals surface area contributed by atoms with Gasteiger partial charge in [0.2, 0.25) is 5.91 Å². The average Bonchev–Trinajstić information content (AvgIpc) is 2.25. The molecule has 2 N–H and O–H groups in total. The number of nitro benzene ring substituents is 1. The Labute approximate surface area is 113 Å². The van der Waals surface area contributed by atoms with E-state index < -0.39 is 4.92 Å². The quantitative estimate of drug-likeness (QED) is 0.645. The molecule has 0 bridgehead atoms. The van der Waals surface area contributed by atoms with Crippen molar-refractivity contribution in [3.8, 4) is 0 Å². The predicted octanol–water partition coefficient (Wildman–Crippen LogP) is 2.29. The first-order valence-corrected chi connectivity index (χ1v) is 6.16. The second kappa shape index (κ2) is 6.34. The Bertz CT molecular complexity index is 463. The van der Waals surface area contributed by atoms with Crippen molar-refractivity contribution in [1.82, 2.24) is 5.32 Å². The Balaban J connectivity index is 2.74. The molecule has 98 valence electrons. The number of halogens is 1. The summed E-state index contributed by atoms with van der Waals surface area (Å²) in [6.07, 6.45) is 0. The van der Waals surface area contributed by atoms with Gasteiger partial charge >= 0.3 is 0 Å². The highest BCUT2D eigenvalue weighted by molar-refractivity contribution is 9.10. The van der Waals surface area contributed by atoms with E-state index in [1.807, 2.05) is 13.8 Å². The van der Waals surface area contributed by atoms with Crippen LogP contribution in [0.25, 0.3) is 0 Å². The molecule has 7 heteroatoms. The molecule has 1 rings (SSSR count). The van der Waals surface area contributed by atoms with Crippen LogP contribution in [0.15, 0.2) is 22.7 Å². The Kier molecular flexibility index (Phi) is 5.08. The molecule has 1 aromatic carbocycles. The molecule has 18 heavy (non-hydrogen) atoms. The van der Waals surface area contributed by atoms with Crippen LogP contribution in [0.2, 0.25) is 0 Å². The van der Waals surface area contributed by atoms with Crippen LogP contribution in [0.1, 0.15) is 13.8 Å². The molecule has 0 aliphatic rings. The molecule has 0 saturated carbocycles. The normalized spacial score (nSPS) is 10.2. The first kappa shape index (κ1) is 14.4. The second-order valence-electron chi connectivity index (χ2n) is 3.99. The number of carbonyl (C=O) groups excluding carboxylic acids is 1. The van der Waals surface area contributed by atoms with Crippen LogP contribution in [0, 0.1) is 10.1 Å². The van der Waals surface area contributed by atoms with Crippen molar-refractivity contribution in [1.29, 1.82) is 0 Å². The van der Waals surface area contributed by atoms with Crippen LogP contribution in [-0.2, 0) is 4.79 Å². The van der Waals surface area contributed by atoms with Crippen molar-refractivity contribution in [2.24, 2.45) is 0 Å². The van der Waals surface area contributed by atoms with Crippen LogP contribution >= 0.6 is 15.9 Å². The predicted molar refractivity (Wildman–Crippen MR) is 72.6 cm³/mol. The summed E-state index contributed by atoms with van der Waals surface area (Å²) in [7, 11) is 0. The van der Waals surface area contributed by atoms with Crippen molar-refractivity contribution in [3.63, 3.8) is 0 Å². The van der Waals surface area contributed by atoms with Gasteiger partial charge in [-0.05, 0) is 26.0 Å². The highest BCUT2D eigenvalue weighted by Gasteiger charge is 2.14.